The molecule has 5 heteroatoms. The van der Waals surface area contributed by atoms with Crippen LogP contribution in [0, 0.1) is 0 Å². The van der Waals surface area contributed by atoms with Crippen molar-refractivity contribution in [2.75, 3.05) is 13.1 Å². The summed E-state index contributed by atoms with van der Waals surface area (Å²) >= 11 is 1.62. The number of hydrogen-bond acceptors (Lipinski definition) is 4. The van der Waals surface area contributed by atoms with E-state index in [1.54, 1.807) is 22.3 Å². The van der Waals surface area contributed by atoms with Crippen LogP contribution in [0.3, 0.4) is 0 Å². The Hall–Kier alpha value is -1.95. The zero-order valence-electron chi connectivity index (χ0n) is 12.4. The molecule has 0 spiro atoms. The molecule has 0 radical (unpaired) electrons. The third-order valence-electron chi connectivity index (χ3n) is 3.39. The van der Waals surface area contributed by atoms with E-state index in [9.17, 15) is 4.79 Å². The highest BCUT2D eigenvalue weighted by atomic mass is 32.1. The van der Waals surface area contributed by atoms with Gasteiger partial charge in [-0.2, -0.15) is 0 Å². The van der Waals surface area contributed by atoms with Crippen LogP contribution < -0.4 is 11.5 Å². The topological polar surface area (TPSA) is 72.3 Å². The molecule has 0 bridgehead atoms. The lowest BCUT2D eigenvalue weighted by Crippen LogP contribution is -2.47. The maximum absolute atomic E-state index is 12.5. The molecule has 4 nitrogen and oxygen atoms in total. The Morgan fingerprint density at radius 1 is 1.14 bits per heavy atom. The van der Waals surface area contributed by atoms with E-state index in [0.717, 1.165) is 10.4 Å². The molecule has 2 aromatic rings. The highest BCUT2D eigenvalue weighted by Crippen LogP contribution is 2.14. The van der Waals surface area contributed by atoms with Crippen molar-refractivity contribution in [3.05, 3.63) is 64.4 Å². The van der Waals surface area contributed by atoms with Crippen LogP contribution in [0.15, 0.2) is 53.9 Å². The van der Waals surface area contributed by atoms with E-state index in [2.05, 4.69) is 0 Å². The smallest absolute Gasteiger partial charge is 0.247 e. The number of nitrogens with two attached hydrogens (primary N) is 2. The maximum atomic E-state index is 12.5. The van der Waals surface area contributed by atoms with Gasteiger partial charge in [0.25, 0.3) is 0 Å². The van der Waals surface area contributed by atoms with Gasteiger partial charge in [0, 0.05) is 24.0 Å². The minimum atomic E-state index is -0.157. The van der Waals surface area contributed by atoms with Crippen LogP contribution in [-0.4, -0.2) is 29.9 Å². The van der Waals surface area contributed by atoms with Crippen LogP contribution in [0.2, 0.25) is 0 Å². The van der Waals surface area contributed by atoms with E-state index >= 15 is 0 Å². The van der Waals surface area contributed by atoms with Gasteiger partial charge < -0.3 is 16.4 Å². The molecule has 2 rings (SSSR count). The van der Waals surface area contributed by atoms with Crippen molar-refractivity contribution >= 4 is 23.3 Å². The Balaban J connectivity index is 2.13. The van der Waals surface area contributed by atoms with Crippen molar-refractivity contribution in [2.45, 2.75) is 12.6 Å². The second-order valence-corrected chi connectivity index (χ2v) is 5.95. The fraction of sp³-hybridized carbons (Fsp3) is 0.235. The Kier molecular flexibility index (Phi) is 6.33. The van der Waals surface area contributed by atoms with Gasteiger partial charge in [0.15, 0.2) is 0 Å². The number of thiophene rings is 1. The summed E-state index contributed by atoms with van der Waals surface area (Å²) in [7, 11) is 0. The SMILES string of the molecule is NCC(CN)N(Cc1cccs1)C(=O)/C=C/c1ccccc1. The summed E-state index contributed by atoms with van der Waals surface area (Å²) < 4.78 is 0. The van der Waals surface area contributed by atoms with Crippen molar-refractivity contribution in [1.29, 1.82) is 0 Å². The van der Waals surface area contributed by atoms with E-state index < -0.39 is 0 Å². The van der Waals surface area contributed by atoms with E-state index in [4.69, 9.17) is 11.5 Å². The van der Waals surface area contributed by atoms with Crippen LogP contribution >= 0.6 is 11.3 Å². The number of benzene rings is 1. The molecule has 0 atom stereocenters. The maximum Gasteiger partial charge on any atom is 0.247 e. The third-order valence-corrected chi connectivity index (χ3v) is 4.25. The number of rotatable bonds is 7. The molecule has 22 heavy (non-hydrogen) atoms. The molecular formula is C17H21N3OS. The molecule has 1 amide bonds. The number of carbonyl (C=O) groups is 1. The first-order valence-electron chi connectivity index (χ1n) is 7.21. The standard InChI is InChI=1S/C17H21N3OS/c18-11-15(12-19)20(13-16-7-4-10-22-16)17(21)9-8-14-5-2-1-3-6-14/h1-10,15H,11-13,18-19H2/b9-8+. The molecule has 0 saturated heterocycles. The molecule has 0 fully saturated rings. The van der Waals surface area contributed by atoms with E-state index in [1.807, 2.05) is 53.9 Å². The second-order valence-electron chi connectivity index (χ2n) is 4.91. The van der Waals surface area contributed by atoms with Crippen molar-refractivity contribution in [3.63, 3.8) is 0 Å². The summed E-state index contributed by atoms with van der Waals surface area (Å²) in [6.45, 7) is 1.24. The molecule has 4 N–H and O–H groups in total. The van der Waals surface area contributed by atoms with Crippen molar-refractivity contribution in [3.8, 4) is 0 Å². The second kappa shape index (κ2) is 8.48. The summed E-state index contributed by atoms with van der Waals surface area (Å²) in [5.74, 6) is -0.0712. The first kappa shape index (κ1) is 16.4. The minimum absolute atomic E-state index is 0.0712. The number of hydrogen-bond donors (Lipinski definition) is 2. The van der Waals surface area contributed by atoms with Gasteiger partial charge in [0.1, 0.15) is 0 Å². The Labute approximate surface area is 135 Å². The van der Waals surface area contributed by atoms with Gasteiger partial charge in [0.05, 0.1) is 12.6 Å². The minimum Gasteiger partial charge on any atom is -0.328 e. The predicted molar refractivity (Wildman–Crippen MR) is 92.2 cm³/mol. The molecule has 0 unspecified atom stereocenters. The van der Waals surface area contributed by atoms with E-state index in [-0.39, 0.29) is 11.9 Å². The summed E-state index contributed by atoms with van der Waals surface area (Å²) in [4.78, 5) is 15.4. The average Bonchev–Trinajstić information content (AvgIpc) is 3.07. The summed E-state index contributed by atoms with van der Waals surface area (Å²) in [6.07, 6.45) is 3.40. The average molecular weight is 315 g/mol. The molecule has 0 aliphatic heterocycles. The van der Waals surface area contributed by atoms with Gasteiger partial charge in [-0.05, 0) is 23.1 Å². The van der Waals surface area contributed by atoms with Gasteiger partial charge in [0.2, 0.25) is 5.91 Å². The first-order valence-corrected chi connectivity index (χ1v) is 8.08. The molecule has 1 heterocycles. The lowest BCUT2D eigenvalue weighted by atomic mass is 10.2. The summed E-state index contributed by atoms with van der Waals surface area (Å²) in [5, 5.41) is 2.00. The Morgan fingerprint density at radius 2 is 1.86 bits per heavy atom. The number of carbonyl (C=O) groups excluding carboxylic acids is 1. The molecule has 0 aliphatic rings. The van der Waals surface area contributed by atoms with Crippen molar-refractivity contribution < 1.29 is 4.79 Å². The zero-order valence-corrected chi connectivity index (χ0v) is 13.2. The first-order chi connectivity index (χ1) is 10.7. The monoisotopic (exact) mass is 315 g/mol. The van der Waals surface area contributed by atoms with Crippen LogP contribution in [0.5, 0.6) is 0 Å². The largest absolute Gasteiger partial charge is 0.328 e. The van der Waals surface area contributed by atoms with Crippen molar-refractivity contribution in [1.82, 2.24) is 4.90 Å². The van der Waals surface area contributed by atoms with Gasteiger partial charge in [-0.15, -0.1) is 11.3 Å². The van der Waals surface area contributed by atoms with E-state index in [0.29, 0.717) is 19.6 Å². The fourth-order valence-corrected chi connectivity index (χ4v) is 2.84. The zero-order chi connectivity index (χ0) is 15.8. The van der Waals surface area contributed by atoms with Crippen LogP contribution in [0.4, 0.5) is 0 Å². The van der Waals surface area contributed by atoms with E-state index in [1.165, 1.54) is 0 Å². The number of nitrogens with zero attached hydrogens (tertiary/aromatic N) is 1. The Morgan fingerprint density at radius 3 is 2.45 bits per heavy atom. The van der Waals surface area contributed by atoms with Crippen molar-refractivity contribution in [2.24, 2.45) is 11.5 Å². The van der Waals surface area contributed by atoms with Gasteiger partial charge >= 0.3 is 0 Å². The van der Waals surface area contributed by atoms with Crippen LogP contribution in [0.1, 0.15) is 10.4 Å². The number of amides is 1. The lowest BCUT2D eigenvalue weighted by Gasteiger charge is -2.28. The van der Waals surface area contributed by atoms with Gasteiger partial charge in [-0.25, -0.2) is 0 Å². The lowest BCUT2D eigenvalue weighted by molar-refractivity contribution is -0.128. The summed E-state index contributed by atoms with van der Waals surface area (Å²) in [5.41, 5.74) is 12.5. The quantitative estimate of drug-likeness (QED) is 0.768. The molecule has 1 aromatic carbocycles. The summed E-state index contributed by atoms with van der Waals surface area (Å²) in [6, 6.07) is 13.6. The molecule has 0 saturated carbocycles. The molecule has 1 aromatic heterocycles. The predicted octanol–water partition coefficient (Wildman–Crippen LogP) is 2.08. The van der Waals surface area contributed by atoms with Crippen LogP contribution in [-0.2, 0) is 11.3 Å². The van der Waals surface area contributed by atoms with Gasteiger partial charge in [-0.1, -0.05) is 36.4 Å². The van der Waals surface area contributed by atoms with Crippen LogP contribution in [0.25, 0.3) is 6.08 Å². The highest BCUT2D eigenvalue weighted by molar-refractivity contribution is 7.09. The fourth-order valence-electron chi connectivity index (χ4n) is 2.14. The highest BCUT2D eigenvalue weighted by Gasteiger charge is 2.20. The molecular weight excluding hydrogens is 294 g/mol. The normalized spacial score (nSPS) is 11.2. The molecule has 116 valence electrons. The Bertz CT molecular complexity index is 592. The molecule has 0 aliphatic carbocycles. The van der Waals surface area contributed by atoms with Gasteiger partial charge in [-0.3, -0.25) is 4.79 Å². The third kappa shape index (κ3) is 4.53.